The highest BCUT2D eigenvalue weighted by molar-refractivity contribution is 5.77. The van der Waals surface area contributed by atoms with E-state index >= 15 is 0 Å². The summed E-state index contributed by atoms with van der Waals surface area (Å²) < 4.78 is 0. The first-order valence-electron chi connectivity index (χ1n) is 7.19. The normalized spacial score (nSPS) is 24.6. The van der Waals surface area contributed by atoms with Gasteiger partial charge in [0.15, 0.2) is 0 Å². The molecular formula is C14H28N2O. The van der Waals surface area contributed by atoms with Gasteiger partial charge in [0, 0.05) is 6.54 Å². The van der Waals surface area contributed by atoms with Crippen molar-refractivity contribution in [1.29, 1.82) is 0 Å². The molecule has 3 heteroatoms. The maximum atomic E-state index is 11.5. The van der Waals surface area contributed by atoms with E-state index in [-0.39, 0.29) is 5.91 Å². The van der Waals surface area contributed by atoms with Crippen LogP contribution in [0.15, 0.2) is 0 Å². The van der Waals surface area contributed by atoms with E-state index in [1.54, 1.807) is 0 Å². The van der Waals surface area contributed by atoms with Crippen molar-refractivity contribution in [3.05, 3.63) is 0 Å². The average Bonchev–Trinajstić information content (AvgIpc) is 2.29. The molecule has 2 unspecified atom stereocenters. The molecule has 1 rings (SSSR count). The van der Waals surface area contributed by atoms with Gasteiger partial charge in [-0.15, -0.1) is 0 Å². The van der Waals surface area contributed by atoms with Crippen molar-refractivity contribution in [2.75, 3.05) is 19.6 Å². The fraction of sp³-hybridized carbons (Fsp3) is 0.929. The maximum Gasteiger partial charge on any atom is 0.233 e. The fourth-order valence-electron chi connectivity index (χ4n) is 2.68. The molecule has 1 aliphatic rings. The number of carbonyl (C=O) groups excluding carboxylic acids is 1. The van der Waals surface area contributed by atoms with Gasteiger partial charge in [0.05, 0.1) is 6.54 Å². The Morgan fingerprint density at radius 2 is 2.12 bits per heavy atom. The summed E-state index contributed by atoms with van der Waals surface area (Å²) in [6.45, 7) is 6.70. The van der Waals surface area contributed by atoms with E-state index in [0.29, 0.717) is 6.54 Å². The number of hydrogen-bond acceptors (Lipinski definition) is 2. The summed E-state index contributed by atoms with van der Waals surface area (Å²) in [6.07, 6.45) is 7.71. The zero-order valence-corrected chi connectivity index (χ0v) is 11.4. The molecule has 0 radical (unpaired) electrons. The van der Waals surface area contributed by atoms with E-state index in [1.807, 2.05) is 0 Å². The summed E-state index contributed by atoms with van der Waals surface area (Å²) in [4.78, 5) is 11.5. The summed E-state index contributed by atoms with van der Waals surface area (Å²) in [5.41, 5.74) is 0. The highest BCUT2D eigenvalue weighted by Gasteiger charge is 2.18. The summed E-state index contributed by atoms with van der Waals surface area (Å²) in [7, 11) is 0. The van der Waals surface area contributed by atoms with E-state index < -0.39 is 0 Å². The Labute approximate surface area is 106 Å². The molecule has 2 N–H and O–H groups in total. The van der Waals surface area contributed by atoms with Gasteiger partial charge < -0.3 is 10.6 Å². The van der Waals surface area contributed by atoms with Crippen LogP contribution in [0.2, 0.25) is 0 Å². The predicted molar refractivity (Wildman–Crippen MR) is 71.9 cm³/mol. The lowest BCUT2D eigenvalue weighted by atomic mass is 9.81. The van der Waals surface area contributed by atoms with Crippen LogP contribution in [0.25, 0.3) is 0 Å². The summed E-state index contributed by atoms with van der Waals surface area (Å²) >= 11 is 0. The van der Waals surface area contributed by atoms with Crippen LogP contribution in [0, 0.1) is 11.8 Å². The van der Waals surface area contributed by atoms with Crippen LogP contribution in [0.3, 0.4) is 0 Å². The first kappa shape index (κ1) is 14.5. The van der Waals surface area contributed by atoms with E-state index in [1.165, 1.54) is 25.7 Å². The van der Waals surface area contributed by atoms with Gasteiger partial charge in [-0.05, 0) is 37.6 Å². The van der Waals surface area contributed by atoms with Gasteiger partial charge in [0.1, 0.15) is 0 Å². The number of nitrogens with one attached hydrogen (secondary N) is 2. The lowest BCUT2D eigenvalue weighted by Crippen LogP contribution is -2.35. The van der Waals surface area contributed by atoms with Crippen LogP contribution in [0.1, 0.15) is 52.4 Å². The Morgan fingerprint density at radius 1 is 1.29 bits per heavy atom. The molecule has 0 spiro atoms. The quantitative estimate of drug-likeness (QED) is 0.671. The topological polar surface area (TPSA) is 41.1 Å². The molecule has 3 nitrogen and oxygen atoms in total. The molecule has 0 aromatic rings. The smallest absolute Gasteiger partial charge is 0.233 e. The van der Waals surface area contributed by atoms with Gasteiger partial charge in [0.25, 0.3) is 0 Å². The third kappa shape index (κ3) is 6.67. The molecule has 1 amide bonds. The van der Waals surface area contributed by atoms with E-state index in [4.69, 9.17) is 0 Å². The first-order valence-corrected chi connectivity index (χ1v) is 7.19. The van der Waals surface area contributed by atoms with Crippen LogP contribution in [0.4, 0.5) is 0 Å². The maximum absolute atomic E-state index is 11.5. The molecule has 0 aromatic carbocycles. The molecular weight excluding hydrogens is 212 g/mol. The second-order valence-electron chi connectivity index (χ2n) is 5.45. The van der Waals surface area contributed by atoms with Crippen molar-refractivity contribution < 1.29 is 4.79 Å². The Bertz CT molecular complexity index is 218. The Hall–Kier alpha value is -0.570. The standard InChI is InChI=1S/C14H28N2O/c1-3-8-15-11-14(17)16-9-7-13-6-4-5-12(2)10-13/h12-13,15H,3-11H2,1-2H3,(H,16,17). The highest BCUT2D eigenvalue weighted by atomic mass is 16.1. The van der Waals surface area contributed by atoms with E-state index in [2.05, 4.69) is 24.5 Å². The average molecular weight is 240 g/mol. The molecule has 2 atom stereocenters. The Morgan fingerprint density at radius 3 is 2.82 bits per heavy atom. The van der Waals surface area contributed by atoms with Crippen LogP contribution >= 0.6 is 0 Å². The molecule has 0 heterocycles. The van der Waals surface area contributed by atoms with Gasteiger partial charge in [-0.25, -0.2) is 0 Å². The zero-order chi connectivity index (χ0) is 12.5. The van der Waals surface area contributed by atoms with Gasteiger partial charge in [-0.1, -0.05) is 33.1 Å². The Kier molecular flexibility index (Phi) is 7.25. The van der Waals surface area contributed by atoms with Crippen LogP contribution in [0.5, 0.6) is 0 Å². The number of carbonyl (C=O) groups is 1. The van der Waals surface area contributed by atoms with Crippen molar-refractivity contribution in [2.24, 2.45) is 11.8 Å². The second-order valence-corrected chi connectivity index (χ2v) is 5.45. The summed E-state index contributed by atoms with van der Waals surface area (Å²) in [5.74, 6) is 1.86. The van der Waals surface area contributed by atoms with Gasteiger partial charge in [-0.2, -0.15) is 0 Å². The molecule has 1 aliphatic carbocycles. The number of rotatable bonds is 7. The van der Waals surface area contributed by atoms with Crippen molar-refractivity contribution in [1.82, 2.24) is 10.6 Å². The van der Waals surface area contributed by atoms with Crippen molar-refractivity contribution in [2.45, 2.75) is 52.4 Å². The molecule has 0 bridgehead atoms. The molecule has 1 fully saturated rings. The molecule has 1 saturated carbocycles. The van der Waals surface area contributed by atoms with Gasteiger partial charge in [0.2, 0.25) is 5.91 Å². The van der Waals surface area contributed by atoms with Gasteiger partial charge in [-0.3, -0.25) is 4.79 Å². The van der Waals surface area contributed by atoms with Crippen molar-refractivity contribution in [3.63, 3.8) is 0 Å². The second kappa shape index (κ2) is 8.51. The lowest BCUT2D eigenvalue weighted by molar-refractivity contribution is -0.120. The van der Waals surface area contributed by atoms with E-state index in [0.717, 1.165) is 37.8 Å². The third-order valence-electron chi connectivity index (χ3n) is 3.63. The minimum absolute atomic E-state index is 0.141. The Balaban J connectivity index is 2.00. The first-order chi connectivity index (χ1) is 8.22. The van der Waals surface area contributed by atoms with Crippen molar-refractivity contribution >= 4 is 5.91 Å². The lowest BCUT2D eigenvalue weighted by Gasteiger charge is -2.26. The molecule has 0 aromatic heterocycles. The van der Waals surface area contributed by atoms with Crippen molar-refractivity contribution in [3.8, 4) is 0 Å². The highest BCUT2D eigenvalue weighted by Crippen LogP contribution is 2.30. The molecule has 100 valence electrons. The monoisotopic (exact) mass is 240 g/mol. The molecule has 17 heavy (non-hydrogen) atoms. The molecule has 0 aliphatic heterocycles. The van der Waals surface area contributed by atoms with Crippen LogP contribution in [-0.2, 0) is 4.79 Å². The van der Waals surface area contributed by atoms with Crippen LogP contribution < -0.4 is 10.6 Å². The largest absolute Gasteiger partial charge is 0.355 e. The third-order valence-corrected chi connectivity index (χ3v) is 3.63. The SMILES string of the molecule is CCCNCC(=O)NCCC1CCCC(C)C1. The molecule has 0 saturated heterocycles. The fourth-order valence-corrected chi connectivity index (χ4v) is 2.68. The van der Waals surface area contributed by atoms with E-state index in [9.17, 15) is 4.79 Å². The summed E-state index contributed by atoms with van der Waals surface area (Å²) in [6, 6.07) is 0. The number of hydrogen-bond donors (Lipinski definition) is 2. The minimum atomic E-state index is 0.141. The minimum Gasteiger partial charge on any atom is -0.355 e. The predicted octanol–water partition coefficient (Wildman–Crippen LogP) is 2.32. The van der Waals surface area contributed by atoms with Gasteiger partial charge >= 0.3 is 0 Å². The zero-order valence-electron chi connectivity index (χ0n) is 11.4. The number of amides is 1. The summed E-state index contributed by atoms with van der Waals surface area (Å²) in [5, 5.41) is 6.12. The van der Waals surface area contributed by atoms with Crippen LogP contribution in [-0.4, -0.2) is 25.5 Å².